The van der Waals surface area contributed by atoms with Crippen molar-refractivity contribution in [3.8, 4) is 29.0 Å². The van der Waals surface area contributed by atoms with E-state index in [-0.39, 0.29) is 23.8 Å². The van der Waals surface area contributed by atoms with E-state index in [1.165, 1.54) is 24.3 Å². The van der Waals surface area contributed by atoms with Gasteiger partial charge in [0.15, 0.2) is 11.5 Å². The molecule has 1 N–H and O–H groups in total. The molecule has 1 aromatic heterocycles. The molecule has 2 aliphatic rings. The molecule has 0 bridgehead atoms. The Morgan fingerprint density at radius 2 is 1.94 bits per heavy atom. The maximum atomic E-state index is 12.7. The van der Waals surface area contributed by atoms with Crippen molar-refractivity contribution < 1.29 is 22.4 Å². The number of sulfonamides is 1. The van der Waals surface area contributed by atoms with Crippen molar-refractivity contribution in [2.75, 3.05) is 20.4 Å². The van der Waals surface area contributed by atoms with Crippen LogP contribution in [0, 0.1) is 11.3 Å². The minimum absolute atomic E-state index is 0.116. The minimum atomic E-state index is -3.72. The Bertz CT molecular complexity index is 1300. The second-order valence-corrected chi connectivity index (χ2v) is 9.38. The predicted molar refractivity (Wildman–Crippen MR) is 111 cm³/mol. The third kappa shape index (κ3) is 3.80. The first-order valence-corrected chi connectivity index (χ1v) is 11.4. The second-order valence-electron chi connectivity index (χ2n) is 7.67. The molecule has 2 aromatic carbocycles. The molecule has 10 nitrogen and oxygen atoms in total. The minimum Gasteiger partial charge on any atom is -0.454 e. The summed E-state index contributed by atoms with van der Waals surface area (Å²) in [5, 5.41) is 13.0. The summed E-state index contributed by atoms with van der Waals surface area (Å²) in [4.78, 5) is 6.61. The number of ether oxygens (including phenoxy) is 2. The van der Waals surface area contributed by atoms with Crippen molar-refractivity contribution in [3.05, 3.63) is 53.9 Å². The zero-order chi connectivity index (χ0) is 22.3. The van der Waals surface area contributed by atoms with Gasteiger partial charge in [-0.25, -0.2) is 13.1 Å². The van der Waals surface area contributed by atoms with Crippen molar-refractivity contribution in [2.45, 2.75) is 23.4 Å². The van der Waals surface area contributed by atoms with Gasteiger partial charge in [0.25, 0.3) is 0 Å². The van der Waals surface area contributed by atoms with Gasteiger partial charge >= 0.3 is 0 Å². The van der Waals surface area contributed by atoms with Crippen LogP contribution in [0.5, 0.6) is 11.5 Å². The van der Waals surface area contributed by atoms with E-state index in [2.05, 4.69) is 14.9 Å². The number of benzene rings is 2. The lowest BCUT2D eigenvalue weighted by atomic mass is 10.1. The molecule has 2 unspecified atom stereocenters. The van der Waals surface area contributed by atoms with Gasteiger partial charge < -0.3 is 14.0 Å². The molecule has 1 saturated heterocycles. The zero-order valence-corrected chi connectivity index (χ0v) is 17.9. The number of likely N-dealkylation sites (tertiary alicyclic amines) is 1. The summed E-state index contributed by atoms with van der Waals surface area (Å²) in [5.74, 6) is 2.14. The molecular weight excluding hydrogens is 434 g/mol. The van der Waals surface area contributed by atoms with E-state index in [1.807, 2.05) is 24.1 Å². The molecule has 2 atom stereocenters. The van der Waals surface area contributed by atoms with Gasteiger partial charge in [0.2, 0.25) is 28.5 Å². The van der Waals surface area contributed by atoms with Crippen LogP contribution >= 0.6 is 0 Å². The molecule has 0 aliphatic carbocycles. The number of likely N-dealkylation sites (N-methyl/N-ethyl adjacent to an activating group) is 1. The summed E-state index contributed by atoms with van der Waals surface area (Å²) < 4.78 is 44.4. The molecule has 0 spiro atoms. The van der Waals surface area contributed by atoms with Gasteiger partial charge in [-0.15, -0.1) is 0 Å². The van der Waals surface area contributed by atoms with Gasteiger partial charge in [-0.2, -0.15) is 10.2 Å². The molecule has 2 aliphatic heterocycles. The number of nitriles is 1. The van der Waals surface area contributed by atoms with Gasteiger partial charge in [-0.3, -0.25) is 4.90 Å². The number of nitrogens with one attached hydrogen (secondary N) is 1. The number of nitrogens with zero attached hydrogens (tertiary/aromatic N) is 4. The lowest BCUT2D eigenvalue weighted by Gasteiger charge is -2.14. The average Bonchev–Trinajstić information content (AvgIpc) is 3.52. The van der Waals surface area contributed by atoms with Crippen molar-refractivity contribution in [2.24, 2.45) is 0 Å². The molecule has 0 saturated carbocycles. The summed E-state index contributed by atoms with van der Waals surface area (Å²) >= 11 is 0. The molecular formula is C21H19N5O5S. The Balaban J connectivity index is 1.30. The van der Waals surface area contributed by atoms with E-state index in [9.17, 15) is 8.42 Å². The molecule has 3 aromatic rings. The van der Waals surface area contributed by atoms with E-state index in [1.54, 1.807) is 12.1 Å². The third-order valence-corrected chi connectivity index (χ3v) is 7.06. The van der Waals surface area contributed by atoms with E-state index >= 15 is 0 Å². The van der Waals surface area contributed by atoms with E-state index in [4.69, 9.17) is 19.3 Å². The van der Waals surface area contributed by atoms with Crippen LogP contribution in [-0.4, -0.2) is 49.9 Å². The maximum absolute atomic E-state index is 12.7. The fourth-order valence-corrected chi connectivity index (χ4v) is 5.13. The summed E-state index contributed by atoms with van der Waals surface area (Å²) in [5.41, 5.74) is 1.14. The monoisotopic (exact) mass is 453 g/mol. The zero-order valence-electron chi connectivity index (χ0n) is 17.1. The van der Waals surface area contributed by atoms with Crippen molar-refractivity contribution >= 4 is 10.0 Å². The van der Waals surface area contributed by atoms with Gasteiger partial charge in [0.1, 0.15) is 0 Å². The van der Waals surface area contributed by atoms with Crippen LogP contribution in [0.15, 0.2) is 51.9 Å². The molecule has 0 radical (unpaired) electrons. The second kappa shape index (κ2) is 7.90. The van der Waals surface area contributed by atoms with Crippen molar-refractivity contribution in [1.82, 2.24) is 19.8 Å². The first kappa shape index (κ1) is 20.4. The largest absolute Gasteiger partial charge is 0.454 e. The number of fused-ring (bicyclic) bond motifs is 1. The Morgan fingerprint density at radius 3 is 2.72 bits per heavy atom. The van der Waals surface area contributed by atoms with Gasteiger partial charge in [-0.1, -0.05) is 5.16 Å². The van der Waals surface area contributed by atoms with Crippen LogP contribution in [0.3, 0.4) is 0 Å². The molecule has 5 rings (SSSR count). The van der Waals surface area contributed by atoms with Crippen LogP contribution in [0.1, 0.15) is 23.9 Å². The lowest BCUT2D eigenvalue weighted by Crippen LogP contribution is -2.36. The van der Waals surface area contributed by atoms with Gasteiger partial charge in [0, 0.05) is 18.2 Å². The smallest absolute Gasteiger partial charge is 0.244 e. The fourth-order valence-electron chi connectivity index (χ4n) is 3.89. The normalized spacial score (nSPS) is 20.4. The molecule has 11 heteroatoms. The maximum Gasteiger partial charge on any atom is 0.244 e. The summed E-state index contributed by atoms with van der Waals surface area (Å²) in [6.45, 7) is 0.671. The van der Waals surface area contributed by atoms with Gasteiger partial charge in [-0.05, 0) is 55.9 Å². The first-order valence-electron chi connectivity index (χ1n) is 9.89. The molecule has 0 amide bonds. The topological polar surface area (TPSA) is 131 Å². The SMILES string of the molecule is CN1CC(NS(=O)(=O)c2ccc(C#N)cc2)CC1c1nc(-c2ccc3c(c2)OCO3)no1. The van der Waals surface area contributed by atoms with Crippen molar-refractivity contribution in [1.29, 1.82) is 5.26 Å². The summed E-state index contributed by atoms with van der Waals surface area (Å²) in [6.07, 6.45) is 0.481. The average molecular weight is 453 g/mol. The quantitative estimate of drug-likeness (QED) is 0.617. The Morgan fingerprint density at radius 1 is 1.16 bits per heavy atom. The Kier molecular flexibility index (Phi) is 5.05. The highest BCUT2D eigenvalue weighted by Gasteiger charge is 2.36. The first-order chi connectivity index (χ1) is 15.4. The molecule has 3 heterocycles. The van der Waals surface area contributed by atoms with E-state index < -0.39 is 10.0 Å². The fraction of sp³-hybridized carbons (Fsp3) is 0.286. The van der Waals surface area contributed by atoms with E-state index in [0.29, 0.717) is 41.7 Å². The Labute approximate surface area is 184 Å². The number of rotatable bonds is 5. The molecule has 32 heavy (non-hydrogen) atoms. The number of aromatic nitrogens is 2. The Hall–Kier alpha value is -3.46. The number of hydrogen-bond donors (Lipinski definition) is 1. The highest BCUT2D eigenvalue weighted by molar-refractivity contribution is 7.89. The van der Waals surface area contributed by atoms with Crippen LogP contribution in [0.2, 0.25) is 0 Å². The summed E-state index contributed by atoms with van der Waals surface area (Å²) in [7, 11) is -1.84. The third-order valence-electron chi connectivity index (χ3n) is 5.52. The molecule has 1 fully saturated rings. The van der Waals surface area contributed by atoms with Crippen LogP contribution in [0.25, 0.3) is 11.4 Å². The predicted octanol–water partition coefficient (Wildman–Crippen LogP) is 2.06. The highest BCUT2D eigenvalue weighted by Crippen LogP contribution is 2.36. The lowest BCUT2D eigenvalue weighted by molar-refractivity contribution is 0.174. The van der Waals surface area contributed by atoms with Crippen LogP contribution in [0.4, 0.5) is 0 Å². The van der Waals surface area contributed by atoms with Crippen molar-refractivity contribution in [3.63, 3.8) is 0 Å². The summed E-state index contributed by atoms with van der Waals surface area (Å²) in [6, 6.07) is 12.7. The number of hydrogen-bond acceptors (Lipinski definition) is 9. The van der Waals surface area contributed by atoms with E-state index in [0.717, 1.165) is 5.56 Å². The van der Waals surface area contributed by atoms with Gasteiger partial charge in [0.05, 0.1) is 22.6 Å². The highest BCUT2D eigenvalue weighted by atomic mass is 32.2. The standard InChI is InChI=1S/C21H19N5O5S/c1-26-11-15(25-32(27,28)16-5-2-13(10-22)3-6-16)9-17(26)21-23-20(24-31-21)14-4-7-18-19(8-14)30-12-29-18/h2-8,15,17,25H,9,11-12H2,1H3. The van der Waals surface area contributed by atoms with Crippen LogP contribution in [-0.2, 0) is 10.0 Å². The molecule has 164 valence electrons. The van der Waals surface area contributed by atoms with Crippen LogP contribution < -0.4 is 14.2 Å².